The molecule has 0 aromatic heterocycles. The maximum atomic E-state index is 12.1. The second-order valence-corrected chi connectivity index (χ2v) is 4.79. The Kier molecular flexibility index (Phi) is 4.03. The van der Waals surface area contributed by atoms with Gasteiger partial charge >= 0.3 is 5.97 Å². The summed E-state index contributed by atoms with van der Waals surface area (Å²) in [5.74, 6) is -4.37. The number of ketones is 2. The van der Waals surface area contributed by atoms with Crippen molar-refractivity contribution in [3.8, 4) is 11.5 Å². The van der Waals surface area contributed by atoms with Gasteiger partial charge in [-0.3, -0.25) is 9.59 Å². The molecule has 2 rings (SSSR count). The monoisotopic (exact) mass is 346 g/mol. The van der Waals surface area contributed by atoms with Crippen LogP contribution in [0, 0.1) is 5.92 Å². The molecule has 20 heavy (non-hydrogen) atoms. The molecule has 1 aliphatic heterocycles. The second kappa shape index (κ2) is 5.58. The van der Waals surface area contributed by atoms with E-state index < -0.39 is 23.5 Å². The van der Waals surface area contributed by atoms with Crippen LogP contribution in [-0.4, -0.2) is 31.3 Å². The number of halogens is 2. The van der Waals surface area contributed by atoms with Crippen LogP contribution in [0.1, 0.15) is 10.4 Å². The van der Waals surface area contributed by atoms with Gasteiger partial charge in [0.25, 0.3) is 5.78 Å². The number of carbonyl (C=O) groups is 3. The minimum absolute atomic E-state index is 0.105. The molecule has 0 spiro atoms. The maximum Gasteiger partial charge on any atom is 0.415 e. The average molecular weight is 347 g/mol. The SMILES string of the molecule is COc1cc2c(cc1Br)C(=O)C(C(=O)C(=O)OF)CO2. The quantitative estimate of drug-likeness (QED) is 0.611. The Morgan fingerprint density at radius 1 is 1.45 bits per heavy atom. The molecule has 1 aromatic carbocycles. The molecule has 0 saturated heterocycles. The summed E-state index contributed by atoms with van der Waals surface area (Å²) in [6.07, 6.45) is 0. The molecule has 6 nitrogen and oxygen atoms in total. The van der Waals surface area contributed by atoms with Crippen molar-refractivity contribution < 1.29 is 33.3 Å². The summed E-state index contributed by atoms with van der Waals surface area (Å²) in [6, 6.07) is 2.89. The fraction of sp³-hybridized carbons (Fsp3) is 0.250. The van der Waals surface area contributed by atoms with E-state index in [4.69, 9.17) is 9.47 Å². The molecule has 0 fully saturated rings. The van der Waals surface area contributed by atoms with Crippen molar-refractivity contribution in [1.82, 2.24) is 0 Å². The molecule has 1 aromatic rings. The largest absolute Gasteiger partial charge is 0.495 e. The van der Waals surface area contributed by atoms with E-state index in [0.717, 1.165) is 0 Å². The molecular weight excluding hydrogens is 339 g/mol. The van der Waals surface area contributed by atoms with Gasteiger partial charge in [-0.15, -0.1) is 0 Å². The van der Waals surface area contributed by atoms with Crippen LogP contribution in [0.2, 0.25) is 0 Å². The lowest BCUT2D eigenvalue weighted by atomic mass is 9.91. The number of hydrogen-bond donors (Lipinski definition) is 0. The van der Waals surface area contributed by atoms with E-state index in [1.807, 2.05) is 0 Å². The van der Waals surface area contributed by atoms with E-state index in [1.165, 1.54) is 19.2 Å². The maximum absolute atomic E-state index is 12.1. The van der Waals surface area contributed by atoms with E-state index in [9.17, 15) is 18.9 Å². The number of ether oxygens (including phenoxy) is 2. The summed E-state index contributed by atoms with van der Waals surface area (Å²) in [4.78, 5) is 37.3. The highest BCUT2D eigenvalue weighted by Crippen LogP contribution is 2.36. The molecule has 0 amide bonds. The van der Waals surface area contributed by atoms with Gasteiger partial charge in [-0.05, 0) is 22.0 Å². The summed E-state index contributed by atoms with van der Waals surface area (Å²) >= 11 is 3.19. The fourth-order valence-electron chi connectivity index (χ4n) is 1.81. The number of benzene rings is 1. The van der Waals surface area contributed by atoms with Gasteiger partial charge in [-0.1, -0.05) is 0 Å². The van der Waals surface area contributed by atoms with Crippen molar-refractivity contribution in [3.05, 3.63) is 22.2 Å². The first-order valence-electron chi connectivity index (χ1n) is 5.41. The number of methoxy groups -OCH3 is 1. The van der Waals surface area contributed by atoms with Gasteiger partial charge in [0.2, 0.25) is 0 Å². The molecule has 1 atom stereocenters. The normalized spacial score (nSPS) is 16.9. The third-order valence-corrected chi connectivity index (χ3v) is 3.45. The van der Waals surface area contributed by atoms with Crippen molar-refractivity contribution in [3.63, 3.8) is 0 Å². The van der Waals surface area contributed by atoms with Gasteiger partial charge in [0.15, 0.2) is 5.78 Å². The minimum Gasteiger partial charge on any atom is -0.495 e. The van der Waals surface area contributed by atoms with Gasteiger partial charge in [0.05, 0.1) is 17.1 Å². The summed E-state index contributed by atoms with van der Waals surface area (Å²) < 4.78 is 22.5. The lowest BCUT2D eigenvalue weighted by molar-refractivity contribution is -0.187. The van der Waals surface area contributed by atoms with Crippen molar-refractivity contribution in [1.29, 1.82) is 0 Å². The number of fused-ring (bicyclic) bond motifs is 1. The first-order chi connectivity index (χ1) is 9.49. The minimum atomic E-state index is -1.72. The smallest absolute Gasteiger partial charge is 0.415 e. The molecular formula is C12H8BrFO6. The number of rotatable bonds is 3. The van der Waals surface area contributed by atoms with E-state index in [-0.39, 0.29) is 17.9 Å². The Balaban J connectivity index is 2.37. The van der Waals surface area contributed by atoms with Crippen LogP contribution in [0.15, 0.2) is 16.6 Å². The highest BCUT2D eigenvalue weighted by molar-refractivity contribution is 9.10. The van der Waals surface area contributed by atoms with E-state index in [2.05, 4.69) is 20.9 Å². The van der Waals surface area contributed by atoms with Crippen LogP contribution in [0.5, 0.6) is 11.5 Å². The second-order valence-electron chi connectivity index (χ2n) is 3.94. The predicted molar refractivity (Wildman–Crippen MR) is 66.2 cm³/mol. The fourth-order valence-corrected chi connectivity index (χ4v) is 2.32. The molecule has 1 heterocycles. The zero-order valence-electron chi connectivity index (χ0n) is 10.1. The van der Waals surface area contributed by atoms with Crippen LogP contribution in [-0.2, 0) is 14.5 Å². The van der Waals surface area contributed by atoms with Crippen molar-refractivity contribution in [2.24, 2.45) is 5.92 Å². The third-order valence-electron chi connectivity index (χ3n) is 2.83. The Hall–Kier alpha value is -1.96. The molecule has 0 bridgehead atoms. The lowest BCUT2D eigenvalue weighted by Crippen LogP contribution is -2.38. The Morgan fingerprint density at radius 3 is 2.75 bits per heavy atom. The molecule has 1 unspecified atom stereocenters. The molecule has 0 saturated carbocycles. The number of Topliss-reactive ketones (excluding diaryl/α,β-unsaturated/α-hetero) is 2. The zero-order chi connectivity index (χ0) is 14.9. The number of carbonyl (C=O) groups excluding carboxylic acids is 3. The topological polar surface area (TPSA) is 78.9 Å². The first-order valence-corrected chi connectivity index (χ1v) is 6.20. The standard InChI is InChI=1S/C12H8BrFO6/c1-18-9-3-8-5(2-7(9)13)10(15)6(4-19-8)11(16)12(17)20-14/h2-3,6H,4H2,1H3. The Labute approximate surface area is 120 Å². The van der Waals surface area contributed by atoms with Crippen LogP contribution in [0.3, 0.4) is 0 Å². The zero-order valence-corrected chi connectivity index (χ0v) is 11.7. The van der Waals surface area contributed by atoms with Gasteiger partial charge in [-0.25, -0.2) is 9.74 Å². The van der Waals surface area contributed by atoms with Gasteiger partial charge in [-0.2, -0.15) is 0 Å². The van der Waals surface area contributed by atoms with Crippen LogP contribution in [0.4, 0.5) is 4.53 Å². The summed E-state index contributed by atoms with van der Waals surface area (Å²) in [6.45, 7) is -0.357. The van der Waals surface area contributed by atoms with Crippen molar-refractivity contribution in [2.75, 3.05) is 13.7 Å². The van der Waals surface area contributed by atoms with Gasteiger partial charge in [0.1, 0.15) is 24.0 Å². The molecule has 0 radical (unpaired) electrons. The molecule has 106 valence electrons. The van der Waals surface area contributed by atoms with E-state index in [0.29, 0.717) is 10.2 Å². The van der Waals surface area contributed by atoms with Crippen LogP contribution in [0.25, 0.3) is 0 Å². The first kappa shape index (κ1) is 14.4. The third kappa shape index (κ3) is 2.38. The average Bonchev–Trinajstić information content (AvgIpc) is 2.46. The molecule has 0 aliphatic carbocycles. The van der Waals surface area contributed by atoms with Gasteiger partial charge < -0.3 is 9.47 Å². The summed E-state index contributed by atoms with van der Waals surface area (Å²) in [5, 5.41) is 0. The van der Waals surface area contributed by atoms with Crippen molar-refractivity contribution in [2.45, 2.75) is 0 Å². The molecule has 0 N–H and O–H groups in total. The lowest BCUT2D eigenvalue weighted by Gasteiger charge is -2.23. The van der Waals surface area contributed by atoms with E-state index in [1.54, 1.807) is 0 Å². The highest BCUT2D eigenvalue weighted by atomic mass is 79.9. The Bertz CT molecular complexity index is 600. The van der Waals surface area contributed by atoms with Crippen molar-refractivity contribution >= 4 is 33.5 Å². The Morgan fingerprint density at radius 2 is 2.15 bits per heavy atom. The summed E-state index contributed by atoms with van der Waals surface area (Å²) in [5.41, 5.74) is 0.105. The van der Waals surface area contributed by atoms with Gasteiger partial charge in [0, 0.05) is 10.6 Å². The van der Waals surface area contributed by atoms with Crippen LogP contribution >= 0.6 is 15.9 Å². The highest BCUT2D eigenvalue weighted by Gasteiger charge is 2.39. The van der Waals surface area contributed by atoms with E-state index >= 15 is 0 Å². The predicted octanol–water partition coefficient (Wildman–Crippen LogP) is 1.65. The van der Waals surface area contributed by atoms with Crippen LogP contribution < -0.4 is 9.47 Å². The molecule has 8 heteroatoms. The molecule has 1 aliphatic rings. The summed E-state index contributed by atoms with van der Waals surface area (Å²) in [7, 11) is 1.45. The number of hydrogen-bond acceptors (Lipinski definition) is 6.